The molecule has 3 N–H and O–H groups in total. The van der Waals surface area contributed by atoms with E-state index in [9.17, 15) is 4.79 Å². The average molecular weight is 240 g/mol. The first-order chi connectivity index (χ1) is 7.53. The molecule has 0 unspecified atom stereocenters. The fraction of sp³-hybridized carbons (Fsp3) is 0.636. The lowest BCUT2D eigenvalue weighted by Crippen LogP contribution is -2.38. The van der Waals surface area contributed by atoms with E-state index in [1.807, 2.05) is 0 Å². The van der Waals surface area contributed by atoms with Gasteiger partial charge in [-0.2, -0.15) is 0 Å². The molecule has 0 saturated heterocycles. The Morgan fingerprint density at radius 1 is 1.44 bits per heavy atom. The number of thiazole rings is 1. The van der Waals surface area contributed by atoms with Crippen LogP contribution in [0.2, 0.25) is 0 Å². The van der Waals surface area contributed by atoms with Crippen molar-refractivity contribution in [1.29, 1.82) is 0 Å². The van der Waals surface area contributed by atoms with Gasteiger partial charge in [0.2, 0.25) is 0 Å². The van der Waals surface area contributed by atoms with E-state index in [1.54, 1.807) is 6.92 Å². The maximum atomic E-state index is 10.9. The van der Waals surface area contributed by atoms with E-state index in [2.05, 4.69) is 4.98 Å². The van der Waals surface area contributed by atoms with E-state index in [0.717, 1.165) is 35.6 Å². The molecule has 0 aromatic carbocycles. The summed E-state index contributed by atoms with van der Waals surface area (Å²) >= 11 is 1.43. The molecular formula is C11H16N2O2S. The second-order valence-electron chi connectivity index (χ2n) is 4.45. The quantitative estimate of drug-likeness (QED) is 0.831. The summed E-state index contributed by atoms with van der Waals surface area (Å²) in [5, 5.41) is 9.76. The van der Waals surface area contributed by atoms with Crippen molar-refractivity contribution in [3.63, 3.8) is 0 Å². The maximum absolute atomic E-state index is 10.9. The van der Waals surface area contributed by atoms with Gasteiger partial charge >= 0.3 is 5.97 Å². The summed E-state index contributed by atoms with van der Waals surface area (Å²) in [7, 11) is 0. The van der Waals surface area contributed by atoms with Crippen molar-refractivity contribution in [2.24, 2.45) is 5.73 Å². The Bertz CT molecular complexity index is 408. The molecule has 2 rings (SSSR count). The van der Waals surface area contributed by atoms with Gasteiger partial charge in [0.05, 0.1) is 5.54 Å². The molecule has 0 atom stereocenters. The molecule has 0 amide bonds. The van der Waals surface area contributed by atoms with Crippen LogP contribution in [0, 0.1) is 6.92 Å². The highest BCUT2D eigenvalue weighted by molar-refractivity contribution is 7.12. The number of rotatable bonds is 2. The predicted molar refractivity (Wildman–Crippen MR) is 62.8 cm³/mol. The number of aromatic carboxylic acids is 1. The van der Waals surface area contributed by atoms with Crippen LogP contribution in [0.5, 0.6) is 0 Å². The van der Waals surface area contributed by atoms with E-state index in [0.29, 0.717) is 0 Å². The Kier molecular flexibility index (Phi) is 2.99. The van der Waals surface area contributed by atoms with E-state index < -0.39 is 5.97 Å². The minimum atomic E-state index is -0.959. The number of hydrogen-bond donors (Lipinski definition) is 2. The first-order valence-corrected chi connectivity index (χ1v) is 6.35. The number of hydrogen-bond acceptors (Lipinski definition) is 4. The molecule has 1 heterocycles. The minimum absolute atomic E-state index is 0.162. The van der Waals surface area contributed by atoms with E-state index in [1.165, 1.54) is 17.8 Å². The molecule has 1 fully saturated rings. The fourth-order valence-corrected chi connectivity index (χ4v) is 3.27. The van der Waals surface area contributed by atoms with Crippen molar-refractivity contribution in [2.45, 2.75) is 44.6 Å². The number of carboxylic acids is 1. The van der Waals surface area contributed by atoms with E-state index in [-0.39, 0.29) is 11.2 Å². The van der Waals surface area contributed by atoms with Gasteiger partial charge in [-0.15, -0.1) is 11.3 Å². The molecule has 0 bridgehead atoms. The van der Waals surface area contributed by atoms with Crippen molar-refractivity contribution in [3.8, 4) is 0 Å². The number of nitrogens with zero attached hydrogens (tertiary/aromatic N) is 1. The minimum Gasteiger partial charge on any atom is -0.476 e. The number of aromatic nitrogens is 1. The summed E-state index contributed by atoms with van der Waals surface area (Å²) in [6.45, 7) is 1.79. The third-order valence-electron chi connectivity index (χ3n) is 3.17. The molecule has 0 aliphatic heterocycles. The molecule has 0 spiro atoms. The maximum Gasteiger partial charge on any atom is 0.355 e. The Morgan fingerprint density at radius 3 is 2.56 bits per heavy atom. The first kappa shape index (κ1) is 11.5. The third-order valence-corrected chi connectivity index (χ3v) is 4.36. The van der Waals surface area contributed by atoms with Crippen LogP contribution in [0.4, 0.5) is 0 Å². The Hall–Kier alpha value is -0.940. The van der Waals surface area contributed by atoms with Crippen molar-refractivity contribution in [3.05, 3.63) is 15.6 Å². The van der Waals surface area contributed by atoms with Crippen LogP contribution < -0.4 is 5.73 Å². The highest BCUT2D eigenvalue weighted by Crippen LogP contribution is 2.37. The van der Waals surface area contributed by atoms with Crippen LogP contribution in [-0.2, 0) is 5.54 Å². The van der Waals surface area contributed by atoms with Gasteiger partial charge in [0.1, 0.15) is 5.01 Å². The molecule has 1 aromatic heterocycles. The van der Waals surface area contributed by atoms with Gasteiger partial charge in [-0.25, -0.2) is 9.78 Å². The normalized spacial score (nSPS) is 19.6. The SMILES string of the molecule is Cc1sc(C2(N)CCCCC2)nc1C(=O)O. The lowest BCUT2D eigenvalue weighted by Gasteiger charge is -2.31. The highest BCUT2D eigenvalue weighted by Gasteiger charge is 2.33. The van der Waals surface area contributed by atoms with Crippen molar-refractivity contribution in [2.75, 3.05) is 0 Å². The first-order valence-electron chi connectivity index (χ1n) is 5.53. The topological polar surface area (TPSA) is 76.2 Å². The molecule has 5 heteroatoms. The summed E-state index contributed by atoms with van der Waals surface area (Å²) in [6, 6.07) is 0. The van der Waals surface area contributed by atoms with Crippen molar-refractivity contribution < 1.29 is 9.90 Å². The lowest BCUT2D eigenvalue weighted by molar-refractivity contribution is 0.0690. The fourth-order valence-electron chi connectivity index (χ4n) is 2.20. The third kappa shape index (κ3) is 1.97. The second-order valence-corrected chi connectivity index (χ2v) is 5.65. The van der Waals surface area contributed by atoms with Crippen LogP contribution >= 0.6 is 11.3 Å². The van der Waals surface area contributed by atoms with Crippen LogP contribution in [0.25, 0.3) is 0 Å². The van der Waals surface area contributed by atoms with Gasteiger partial charge in [0.15, 0.2) is 5.69 Å². The standard InChI is InChI=1S/C11H16N2O2S/c1-7-8(9(14)15)13-10(16-7)11(12)5-3-2-4-6-11/h2-6,12H2,1H3,(H,14,15). The molecule has 1 saturated carbocycles. The molecule has 88 valence electrons. The zero-order valence-corrected chi connectivity index (χ0v) is 10.1. The molecule has 4 nitrogen and oxygen atoms in total. The van der Waals surface area contributed by atoms with Crippen LogP contribution in [0.15, 0.2) is 0 Å². The summed E-state index contributed by atoms with van der Waals surface area (Å²) in [6.07, 6.45) is 5.27. The Morgan fingerprint density at radius 2 is 2.06 bits per heavy atom. The van der Waals surface area contributed by atoms with E-state index >= 15 is 0 Å². The molecule has 1 aliphatic carbocycles. The molecule has 1 aliphatic rings. The van der Waals surface area contributed by atoms with Gasteiger partial charge in [-0.05, 0) is 19.8 Å². The molecule has 1 aromatic rings. The Balaban J connectivity index is 2.33. The van der Waals surface area contributed by atoms with Gasteiger partial charge in [-0.1, -0.05) is 19.3 Å². The predicted octanol–water partition coefficient (Wildman–Crippen LogP) is 2.27. The summed E-state index contributed by atoms with van der Waals surface area (Å²) < 4.78 is 0. The number of aryl methyl sites for hydroxylation is 1. The molecule has 0 radical (unpaired) electrons. The zero-order chi connectivity index (χ0) is 11.8. The Labute approximate surface area is 98.5 Å². The van der Waals surface area contributed by atoms with Crippen molar-refractivity contribution >= 4 is 17.3 Å². The zero-order valence-electron chi connectivity index (χ0n) is 9.32. The number of nitrogens with two attached hydrogens (primary N) is 1. The number of carboxylic acid groups (broad SMARTS) is 1. The van der Waals surface area contributed by atoms with Gasteiger partial charge < -0.3 is 10.8 Å². The van der Waals surface area contributed by atoms with Crippen LogP contribution in [0.3, 0.4) is 0 Å². The molecular weight excluding hydrogens is 224 g/mol. The van der Waals surface area contributed by atoms with Gasteiger partial charge in [0, 0.05) is 4.88 Å². The van der Waals surface area contributed by atoms with Gasteiger partial charge in [-0.3, -0.25) is 0 Å². The molecule has 16 heavy (non-hydrogen) atoms. The van der Waals surface area contributed by atoms with Crippen LogP contribution in [-0.4, -0.2) is 16.1 Å². The monoisotopic (exact) mass is 240 g/mol. The second kappa shape index (κ2) is 4.14. The van der Waals surface area contributed by atoms with Gasteiger partial charge in [0.25, 0.3) is 0 Å². The average Bonchev–Trinajstić information content (AvgIpc) is 2.62. The highest BCUT2D eigenvalue weighted by atomic mass is 32.1. The summed E-state index contributed by atoms with van der Waals surface area (Å²) in [5.74, 6) is -0.959. The van der Waals surface area contributed by atoms with E-state index in [4.69, 9.17) is 10.8 Å². The smallest absolute Gasteiger partial charge is 0.355 e. The summed E-state index contributed by atoms with van der Waals surface area (Å²) in [4.78, 5) is 15.9. The number of carbonyl (C=O) groups is 1. The summed E-state index contributed by atoms with van der Waals surface area (Å²) in [5.41, 5.74) is 6.09. The largest absolute Gasteiger partial charge is 0.476 e. The van der Waals surface area contributed by atoms with Crippen molar-refractivity contribution in [1.82, 2.24) is 4.98 Å². The lowest BCUT2D eigenvalue weighted by atomic mass is 9.83. The van der Waals surface area contributed by atoms with Crippen LogP contribution in [0.1, 0.15) is 52.5 Å².